The van der Waals surface area contributed by atoms with E-state index in [1.54, 1.807) is 0 Å². The maximum absolute atomic E-state index is 12.8. The summed E-state index contributed by atoms with van der Waals surface area (Å²) in [4.78, 5) is 19.2. The summed E-state index contributed by atoms with van der Waals surface area (Å²) in [7, 11) is 0. The maximum atomic E-state index is 12.8. The molecule has 0 aromatic heterocycles. The van der Waals surface area contributed by atoms with Crippen LogP contribution in [-0.2, 0) is 6.42 Å². The molecule has 0 bridgehead atoms. The molecule has 0 aliphatic carbocycles. The second kappa shape index (κ2) is 8.47. The van der Waals surface area contributed by atoms with Crippen LogP contribution >= 0.6 is 0 Å². The number of carbonyl (C=O) groups excluding carboxylic acids is 1. The van der Waals surface area contributed by atoms with Gasteiger partial charge in [-0.15, -0.1) is 0 Å². The summed E-state index contributed by atoms with van der Waals surface area (Å²) < 4.78 is 0. The highest BCUT2D eigenvalue weighted by Gasteiger charge is 2.25. The molecule has 3 heteroatoms. The van der Waals surface area contributed by atoms with Crippen LogP contribution in [0.15, 0.2) is 52.8 Å². The fraction of sp³-hybridized carbons (Fsp3) is 0.400. The molecule has 0 atom stereocenters. The number of carbonyl (C=O) groups is 1. The molecule has 0 saturated heterocycles. The van der Waals surface area contributed by atoms with Gasteiger partial charge < -0.3 is 4.90 Å². The Morgan fingerprint density at radius 3 is 2.91 bits per heavy atom. The second-order valence-electron chi connectivity index (χ2n) is 5.40. The first kappa shape index (κ1) is 17.2. The van der Waals surface area contributed by atoms with Crippen LogP contribution in [0.4, 0.5) is 0 Å². The molecule has 0 N–H and O–H groups in total. The zero-order valence-electron chi connectivity index (χ0n) is 14.4. The number of nitrogens with zero attached hydrogens (tertiary/aromatic N) is 2. The minimum atomic E-state index is 0.0826. The summed E-state index contributed by atoms with van der Waals surface area (Å²) in [6.07, 6.45) is 9.74. The molecular weight excluding hydrogens is 284 g/mol. The van der Waals surface area contributed by atoms with Crippen molar-refractivity contribution in [1.29, 1.82) is 0 Å². The third kappa shape index (κ3) is 3.98. The molecule has 0 spiro atoms. The topological polar surface area (TPSA) is 32.7 Å². The van der Waals surface area contributed by atoms with Crippen molar-refractivity contribution in [2.45, 2.75) is 46.5 Å². The number of allylic oxidation sites excluding steroid dienone is 3. The lowest BCUT2D eigenvalue weighted by Crippen LogP contribution is -2.34. The highest BCUT2D eigenvalue weighted by molar-refractivity contribution is 5.96. The molecule has 0 saturated carbocycles. The number of benzene rings is 1. The molecule has 23 heavy (non-hydrogen) atoms. The van der Waals surface area contributed by atoms with Gasteiger partial charge in [0.1, 0.15) is 0 Å². The third-order valence-electron chi connectivity index (χ3n) is 3.97. The van der Waals surface area contributed by atoms with Gasteiger partial charge in [-0.25, -0.2) is 0 Å². The third-order valence-corrected chi connectivity index (χ3v) is 3.97. The van der Waals surface area contributed by atoms with E-state index in [9.17, 15) is 4.79 Å². The lowest BCUT2D eigenvalue weighted by Gasteiger charge is -2.29. The van der Waals surface area contributed by atoms with Gasteiger partial charge in [0.05, 0.1) is 11.4 Å². The molecule has 1 aromatic rings. The van der Waals surface area contributed by atoms with Gasteiger partial charge in [-0.1, -0.05) is 39.0 Å². The minimum Gasteiger partial charge on any atom is -0.307 e. The number of rotatable bonds is 2. The van der Waals surface area contributed by atoms with Crippen LogP contribution in [0.5, 0.6) is 0 Å². The molecular formula is C20H26N2O. The van der Waals surface area contributed by atoms with Crippen LogP contribution < -0.4 is 0 Å². The molecule has 3 rings (SSSR count). The molecule has 0 fully saturated rings. The van der Waals surface area contributed by atoms with Crippen molar-refractivity contribution in [2.75, 3.05) is 6.54 Å². The second-order valence-corrected chi connectivity index (χ2v) is 5.40. The predicted molar refractivity (Wildman–Crippen MR) is 96.7 cm³/mol. The maximum Gasteiger partial charge on any atom is 0.258 e. The number of hydrogen-bond acceptors (Lipinski definition) is 2. The van der Waals surface area contributed by atoms with E-state index in [0.717, 1.165) is 49.2 Å². The minimum absolute atomic E-state index is 0.0826. The summed E-state index contributed by atoms with van der Waals surface area (Å²) in [5.41, 5.74) is 3.98. The standard InChI is InChI=1S/C18H20N2O.C2H6/c1-2-14-7-5-8-15(13-14)18(21)20-12-6-9-16-17(20)10-3-4-11-19-16;1-2/h3,5,7-8,10-11,13H,2,4,6,9,12H2,1H3;1-2H3. The number of amides is 1. The molecule has 2 heterocycles. The van der Waals surface area contributed by atoms with Crippen LogP contribution in [0.2, 0.25) is 0 Å². The Kier molecular flexibility index (Phi) is 6.33. The van der Waals surface area contributed by atoms with Gasteiger partial charge in [-0.3, -0.25) is 9.79 Å². The molecule has 2 aliphatic heterocycles. The number of aryl methyl sites for hydroxylation is 1. The average molecular weight is 310 g/mol. The first-order valence-electron chi connectivity index (χ1n) is 8.62. The fourth-order valence-electron chi connectivity index (χ4n) is 2.82. The largest absolute Gasteiger partial charge is 0.307 e. The molecule has 1 amide bonds. The van der Waals surface area contributed by atoms with Gasteiger partial charge in [-0.05, 0) is 43.0 Å². The zero-order valence-corrected chi connectivity index (χ0v) is 14.4. The lowest BCUT2D eigenvalue weighted by atomic mass is 10.0. The van der Waals surface area contributed by atoms with E-state index < -0.39 is 0 Å². The van der Waals surface area contributed by atoms with Crippen molar-refractivity contribution in [3.05, 3.63) is 58.9 Å². The average Bonchev–Trinajstić information content (AvgIpc) is 2.88. The van der Waals surface area contributed by atoms with Gasteiger partial charge in [0, 0.05) is 24.7 Å². The summed E-state index contributed by atoms with van der Waals surface area (Å²) in [6.45, 7) is 6.88. The molecule has 0 unspecified atom stereocenters. The SMILES string of the molecule is CC.CCc1cccc(C(=O)N2CCCC3=C2C=CCC=N3)c1. The Morgan fingerprint density at radius 2 is 2.13 bits per heavy atom. The van der Waals surface area contributed by atoms with Gasteiger partial charge in [0.2, 0.25) is 0 Å². The Balaban J connectivity index is 0.000000924. The van der Waals surface area contributed by atoms with E-state index >= 15 is 0 Å². The van der Waals surface area contributed by atoms with E-state index in [4.69, 9.17) is 0 Å². The van der Waals surface area contributed by atoms with Crippen LogP contribution in [-0.4, -0.2) is 23.6 Å². The smallest absolute Gasteiger partial charge is 0.258 e. The first-order chi connectivity index (χ1) is 11.3. The lowest BCUT2D eigenvalue weighted by molar-refractivity contribution is 0.0800. The van der Waals surface area contributed by atoms with Crippen molar-refractivity contribution in [1.82, 2.24) is 4.90 Å². The highest BCUT2D eigenvalue weighted by atomic mass is 16.2. The fourth-order valence-corrected chi connectivity index (χ4v) is 2.82. The normalized spacial score (nSPS) is 16.4. The quantitative estimate of drug-likeness (QED) is 0.775. The highest BCUT2D eigenvalue weighted by Crippen LogP contribution is 2.27. The Hall–Kier alpha value is -2.16. The van der Waals surface area contributed by atoms with Crippen LogP contribution in [0, 0.1) is 0 Å². The van der Waals surface area contributed by atoms with E-state index in [0.29, 0.717) is 0 Å². The molecule has 0 radical (unpaired) electrons. The molecule has 1 aromatic carbocycles. The zero-order chi connectivity index (χ0) is 16.7. The van der Waals surface area contributed by atoms with Crippen LogP contribution in [0.1, 0.15) is 56.0 Å². The summed E-state index contributed by atoms with van der Waals surface area (Å²) >= 11 is 0. The van der Waals surface area contributed by atoms with Gasteiger partial charge >= 0.3 is 0 Å². The Labute approximate surface area is 139 Å². The van der Waals surface area contributed by atoms with Gasteiger partial charge in [0.25, 0.3) is 5.91 Å². The van der Waals surface area contributed by atoms with Crippen molar-refractivity contribution < 1.29 is 4.79 Å². The van der Waals surface area contributed by atoms with E-state index in [-0.39, 0.29) is 5.91 Å². The van der Waals surface area contributed by atoms with Crippen LogP contribution in [0.3, 0.4) is 0 Å². The molecule has 2 aliphatic rings. The predicted octanol–water partition coefficient (Wildman–Crippen LogP) is 4.75. The van der Waals surface area contributed by atoms with Crippen molar-refractivity contribution in [3.8, 4) is 0 Å². The first-order valence-corrected chi connectivity index (χ1v) is 8.62. The van der Waals surface area contributed by atoms with E-state index in [1.807, 2.05) is 49.2 Å². The van der Waals surface area contributed by atoms with Crippen molar-refractivity contribution in [3.63, 3.8) is 0 Å². The Bertz CT molecular complexity index is 641. The summed E-state index contributed by atoms with van der Waals surface area (Å²) in [5.74, 6) is 0.0826. The summed E-state index contributed by atoms with van der Waals surface area (Å²) in [6, 6.07) is 7.93. The van der Waals surface area contributed by atoms with E-state index in [1.165, 1.54) is 5.56 Å². The molecule has 3 nitrogen and oxygen atoms in total. The molecule has 122 valence electrons. The number of aliphatic imine (C=N–C) groups is 1. The number of hydrogen-bond donors (Lipinski definition) is 0. The summed E-state index contributed by atoms with van der Waals surface area (Å²) in [5, 5.41) is 0. The van der Waals surface area contributed by atoms with Gasteiger partial charge in [-0.2, -0.15) is 0 Å². The van der Waals surface area contributed by atoms with E-state index in [2.05, 4.69) is 24.1 Å². The monoisotopic (exact) mass is 310 g/mol. The van der Waals surface area contributed by atoms with Gasteiger partial charge in [0.15, 0.2) is 0 Å². The van der Waals surface area contributed by atoms with Crippen molar-refractivity contribution in [2.24, 2.45) is 4.99 Å². The van der Waals surface area contributed by atoms with Crippen LogP contribution in [0.25, 0.3) is 0 Å². The van der Waals surface area contributed by atoms with Crippen molar-refractivity contribution >= 4 is 12.1 Å². The Morgan fingerprint density at radius 1 is 1.30 bits per heavy atom.